The molecule has 0 aliphatic carbocycles. The Kier molecular flexibility index (Phi) is 3.87. The molecule has 2 aromatic rings. The molecule has 0 unspecified atom stereocenters. The van der Waals surface area contributed by atoms with Gasteiger partial charge in [0, 0.05) is 11.8 Å². The summed E-state index contributed by atoms with van der Waals surface area (Å²) in [4.78, 5) is 15.5. The number of hydrogen-bond donors (Lipinski definition) is 2. The molecule has 96 valence electrons. The molecule has 1 aromatic heterocycles. The minimum atomic E-state index is -0.400. The van der Waals surface area contributed by atoms with Gasteiger partial charge in [-0.3, -0.25) is 9.78 Å². The van der Waals surface area contributed by atoms with Gasteiger partial charge in [0.1, 0.15) is 11.4 Å². The Hall–Kier alpha value is -2.69. The summed E-state index contributed by atoms with van der Waals surface area (Å²) in [5, 5.41) is 13.4. The molecule has 0 atom stereocenters. The van der Waals surface area contributed by atoms with Gasteiger partial charge >= 0.3 is 0 Å². The lowest BCUT2D eigenvalue weighted by Crippen LogP contribution is -2.18. The number of pyridine rings is 1. The molecule has 0 aliphatic rings. The monoisotopic (exact) mass is 255 g/mol. The van der Waals surface area contributed by atoms with E-state index in [1.807, 2.05) is 13.0 Å². The van der Waals surface area contributed by atoms with Gasteiger partial charge in [-0.25, -0.2) is 5.43 Å². The smallest absolute Gasteiger partial charge is 0.289 e. The first-order valence-corrected chi connectivity index (χ1v) is 5.71. The number of benzene rings is 1. The van der Waals surface area contributed by atoms with Crippen LogP contribution in [0.15, 0.2) is 47.7 Å². The molecule has 0 saturated heterocycles. The number of carbonyl (C=O) groups is 1. The lowest BCUT2D eigenvalue weighted by Gasteiger charge is -2.00. The normalized spacial score (nSPS) is 10.6. The van der Waals surface area contributed by atoms with Crippen LogP contribution in [0.3, 0.4) is 0 Å². The van der Waals surface area contributed by atoms with Crippen LogP contribution in [-0.2, 0) is 0 Å². The molecule has 2 N–H and O–H groups in total. The van der Waals surface area contributed by atoms with Crippen LogP contribution in [0.5, 0.6) is 5.75 Å². The van der Waals surface area contributed by atoms with E-state index in [1.54, 1.807) is 30.3 Å². The first kappa shape index (κ1) is 12.8. The van der Waals surface area contributed by atoms with E-state index in [0.29, 0.717) is 5.56 Å². The second-order valence-corrected chi connectivity index (χ2v) is 3.98. The number of rotatable bonds is 3. The number of phenolic OH excluding ortho intramolecular Hbond substituents is 1. The van der Waals surface area contributed by atoms with Gasteiger partial charge in [0.2, 0.25) is 0 Å². The Bertz CT molecular complexity index is 609. The number of carbonyl (C=O) groups excluding carboxylic acids is 1. The van der Waals surface area contributed by atoms with Gasteiger partial charge < -0.3 is 5.11 Å². The van der Waals surface area contributed by atoms with Crippen molar-refractivity contribution in [2.75, 3.05) is 0 Å². The first-order valence-electron chi connectivity index (χ1n) is 5.71. The Morgan fingerprint density at radius 1 is 1.37 bits per heavy atom. The lowest BCUT2D eigenvalue weighted by atomic mass is 10.1. The zero-order valence-electron chi connectivity index (χ0n) is 10.4. The third-order valence-corrected chi connectivity index (χ3v) is 2.45. The van der Waals surface area contributed by atoms with Gasteiger partial charge in [0.05, 0.1) is 6.21 Å². The summed E-state index contributed by atoms with van der Waals surface area (Å²) < 4.78 is 0. The zero-order valence-corrected chi connectivity index (χ0v) is 10.4. The summed E-state index contributed by atoms with van der Waals surface area (Å²) in [6, 6.07) is 10.2. The molecule has 0 spiro atoms. The van der Waals surface area contributed by atoms with Crippen molar-refractivity contribution in [2.24, 2.45) is 5.10 Å². The van der Waals surface area contributed by atoms with Crippen LogP contribution < -0.4 is 5.43 Å². The van der Waals surface area contributed by atoms with Gasteiger partial charge in [-0.1, -0.05) is 12.1 Å². The van der Waals surface area contributed by atoms with Crippen LogP contribution in [0.1, 0.15) is 21.6 Å². The van der Waals surface area contributed by atoms with Crippen molar-refractivity contribution in [1.82, 2.24) is 10.4 Å². The van der Waals surface area contributed by atoms with E-state index in [1.165, 1.54) is 12.4 Å². The Labute approximate surface area is 110 Å². The van der Waals surface area contributed by atoms with E-state index in [2.05, 4.69) is 15.5 Å². The lowest BCUT2D eigenvalue weighted by molar-refractivity contribution is 0.0950. The first-order chi connectivity index (χ1) is 9.16. The highest BCUT2D eigenvalue weighted by Gasteiger charge is 2.04. The second-order valence-electron chi connectivity index (χ2n) is 3.98. The fraction of sp³-hybridized carbons (Fsp3) is 0.0714. The maximum atomic E-state index is 11.6. The van der Waals surface area contributed by atoms with Crippen molar-refractivity contribution < 1.29 is 9.90 Å². The number of hydrazone groups is 1. The fourth-order valence-electron chi connectivity index (χ4n) is 1.48. The predicted molar refractivity (Wildman–Crippen MR) is 72.1 cm³/mol. The van der Waals surface area contributed by atoms with E-state index in [0.717, 1.165) is 5.56 Å². The molecule has 5 nitrogen and oxygen atoms in total. The number of aryl methyl sites for hydroxylation is 1. The molecule has 1 aromatic carbocycles. The number of amides is 1. The number of nitrogens with one attached hydrogen (secondary N) is 1. The number of hydrogen-bond acceptors (Lipinski definition) is 4. The maximum Gasteiger partial charge on any atom is 0.289 e. The Morgan fingerprint density at radius 2 is 2.21 bits per heavy atom. The third kappa shape index (κ3) is 3.38. The molecular weight excluding hydrogens is 242 g/mol. The van der Waals surface area contributed by atoms with Crippen molar-refractivity contribution in [3.8, 4) is 5.75 Å². The van der Waals surface area contributed by atoms with E-state index in [4.69, 9.17) is 0 Å². The molecule has 0 aliphatic heterocycles. The molecule has 1 amide bonds. The van der Waals surface area contributed by atoms with Gasteiger partial charge in [-0.15, -0.1) is 0 Å². The van der Waals surface area contributed by atoms with Crippen molar-refractivity contribution in [3.63, 3.8) is 0 Å². The van der Waals surface area contributed by atoms with Crippen LogP contribution in [0.4, 0.5) is 0 Å². The van der Waals surface area contributed by atoms with E-state index < -0.39 is 5.91 Å². The standard InChI is InChI=1S/C14H13N3O2/c1-10-5-6-11(13(18)8-10)9-16-17-14(19)12-4-2-3-7-15-12/h2-9,18H,1H3,(H,17,19). The number of phenols is 1. The zero-order chi connectivity index (χ0) is 13.7. The molecule has 0 saturated carbocycles. The molecule has 0 radical (unpaired) electrons. The van der Waals surface area contributed by atoms with E-state index in [9.17, 15) is 9.90 Å². The number of aromatic hydroxyl groups is 1. The summed E-state index contributed by atoms with van der Waals surface area (Å²) >= 11 is 0. The highest BCUT2D eigenvalue weighted by Crippen LogP contribution is 2.15. The van der Waals surface area contributed by atoms with Crippen LogP contribution in [-0.4, -0.2) is 22.2 Å². The average Bonchev–Trinajstić information content (AvgIpc) is 2.42. The highest BCUT2D eigenvalue weighted by molar-refractivity contribution is 5.93. The fourth-order valence-corrected chi connectivity index (χ4v) is 1.48. The molecule has 5 heteroatoms. The van der Waals surface area contributed by atoms with Crippen LogP contribution in [0.25, 0.3) is 0 Å². The van der Waals surface area contributed by atoms with Crippen LogP contribution in [0, 0.1) is 6.92 Å². The van der Waals surface area contributed by atoms with Gasteiger partial charge in [-0.2, -0.15) is 5.10 Å². The predicted octanol–water partition coefficient (Wildman–Crippen LogP) is 1.86. The van der Waals surface area contributed by atoms with Crippen molar-refractivity contribution in [2.45, 2.75) is 6.92 Å². The molecule has 1 heterocycles. The summed E-state index contributed by atoms with van der Waals surface area (Å²) in [5.41, 5.74) is 4.12. The molecule has 19 heavy (non-hydrogen) atoms. The van der Waals surface area contributed by atoms with E-state index in [-0.39, 0.29) is 11.4 Å². The summed E-state index contributed by atoms with van der Waals surface area (Å²) in [6.45, 7) is 1.88. The molecular formula is C14H13N3O2. The second kappa shape index (κ2) is 5.77. The van der Waals surface area contributed by atoms with Gasteiger partial charge in [0.15, 0.2) is 0 Å². The quantitative estimate of drug-likeness (QED) is 0.649. The molecule has 0 fully saturated rings. The topological polar surface area (TPSA) is 74.6 Å². The molecule has 2 rings (SSSR count). The largest absolute Gasteiger partial charge is 0.507 e. The number of nitrogens with zero attached hydrogens (tertiary/aromatic N) is 2. The number of aromatic nitrogens is 1. The van der Waals surface area contributed by atoms with Gasteiger partial charge in [0.25, 0.3) is 5.91 Å². The average molecular weight is 255 g/mol. The highest BCUT2D eigenvalue weighted by atomic mass is 16.3. The van der Waals surface area contributed by atoms with Crippen molar-refractivity contribution >= 4 is 12.1 Å². The Morgan fingerprint density at radius 3 is 2.89 bits per heavy atom. The minimum absolute atomic E-state index is 0.121. The van der Waals surface area contributed by atoms with Crippen LogP contribution >= 0.6 is 0 Å². The van der Waals surface area contributed by atoms with Crippen LogP contribution in [0.2, 0.25) is 0 Å². The van der Waals surface area contributed by atoms with E-state index >= 15 is 0 Å². The summed E-state index contributed by atoms with van der Waals surface area (Å²) in [7, 11) is 0. The minimum Gasteiger partial charge on any atom is -0.507 e. The maximum absolute atomic E-state index is 11.6. The van der Waals surface area contributed by atoms with Crippen molar-refractivity contribution in [1.29, 1.82) is 0 Å². The van der Waals surface area contributed by atoms with Gasteiger partial charge in [-0.05, 0) is 36.8 Å². The summed E-state index contributed by atoms with van der Waals surface area (Å²) in [6.07, 6.45) is 2.92. The Balaban J connectivity index is 2.02. The summed E-state index contributed by atoms with van der Waals surface area (Å²) in [5.74, 6) is -0.278. The SMILES string of the molecule is Cc1ccc(C=NNC(=O)c2ccccn2)c(O)c1. The third-order valence-electron chi connectivity index (χ3n) is 2.45. The molecule has 0 bridgehead atoms. The van der Waals surface area contributed by atoms with Crippen molar-refractivity contribution in [3.05, 3.63) is 59.4 Å².